The molecule has 0 bridgehead atoms. The van der Waals surface area contributed by atoms with Gasteiger partial charge in [0.1, 0.15) is 5.75 Å². The molecule has 3 aromatic rings. The van der Waals surface area contributed by atoms with Gasteiger partial charge >= 0.3 is 0 Å². The summed E-state index contributed by atoms with van der Waals surface area (Å²) in [7, 11) is 2.09. The van der Waals surface area contributed by atoms with Crippen molar-refractivity contribution in [1.82, 2.24) is 19.2 Å². The highest BCUT2D eigenvalue weighted by molar-refractivity contribution is 7.71. The molecule has 164 valence electrons. The lowest BCUT2D eigenvalue weighted by Gasteiger charge is -2.17. The SMILES string of the molecule is CCOc1ccc(CN(C)Cn2nc(-c3ccccc3Cl)n(C3CCCC3)c2=S)cc1. The molecule has 1 saturated carbocycles. The van der Waals surface area contributed by atoms with Gasteiger partial charge in [0, 0.05) is 18.2 Å². The van der Waals surface area contributed by atoms with Gasteiger partial charge in [0.2, 0.25) is 0 Å². The molecule has 5 nitrogen and oxygen atoms in total. The third-order valence-corrected chi connectivity index (χ3v) is 6.47. The van der Waals surface area contributed by atoms with Crippen molar-refractivity contribution in [3.05, 3.63) is 63.9 Å². The van der Waals surface area contributed by atoms with Gasteiger partial charge in [0.15, 0.2) is 10.6 Å². The van der Waals surface area contributed by atoms with Crippen molar-refractivity contribution in [3.63, 3.8) is 0 Å². The minimum Gasteiger partial charge on any atom is -0.494 e. The fraction of sp³-hybridized carbons (Fsp3) is 0.417. The first kappa shape index (κ1) is 22.1. The zero-order chi connectivity index (χ0) is 21.8. The smallest absolute Gasteiger partial charge is 0.199 e. The number of halogens is 1. The normalized spacial score (nSPS) is 14.5. The summed E-state index contributed by atoms with van der Waals surface area (Å²) in [5, 5.41) is 5.64. The van der Waals surface area contributed by atoms with E-state index in [1.165, 1.54) is 18.4 Å². The van der Waals surface area contributed by atoms with Gasteiger partial charge in [-0.05, 0) is 68.9 Å². The molecule has 1 aromatic heterocycles. The fourth-order valence-corrected chi connectivity index (χ4v) is 4.83. The van der Waals surface area contributed by atoms with Crippen molar-refractivity contribution in [1.29, 1.82) is 0 Å². The van der Waals surface area contributed by atoms with E-state index in [1.54, 1.807) is 0 Å². The third-order valence-electron chi connectivity index (χ3n) is 5.74. The van der Waals surface area contributed by atoms with Gasteiger partial charge < -0.3 is 4.74 Å². The van der Waals surface area contributed by atoms with Crippen molar-refractivity contribution in [2.75, 3.05) is 13.7 Å². The molecular formula is C24H29ClN4OS. The molecule has 0 saturated heterocycles. The lowest BCUT2D eigenvalue weighted by atomic mass is 10.2. The number of aromatic nitrogens is 3. The summed E-state index contributed by atoms with van der Waals surface area (Å²) in [5.74, 6) is 1.77. The van der Waals surface area contributed by atoms with Gasteiger partial charge in [-0.2, -0.15) is 5.10 Å². The summed E-state index contributed by atoms with van der Waals surface area (Å²) >= 11 is 12.4. The highest BCUT2D eigenvalue weighted by atomic mass is 35.5. The van der Waals surface area contributed by atoms with Gasteiger partial charge in [-0.15, -0.1) is 0 Å². The molecule has 1 aliphatic rings. The second-order valence-electron chi connectivity index (χ2n) is 8.13. The van der Waals surface area contributed by atoms with Gasteiger partial charge in [-0.25, -0.2) is 4.68 Å². The number of hydrogen-bond acceptors (Lipinski definition) is 4. The van der Waals surface area contributed by atoms with Gasteiger partial charge in [-0.1, -0.05) is 48.7 Å². The van der Waals surface area contributed by atoms with Crippen LogP contribution >= 0.6 is 23.8 Å². The Morgan fingerprint density at radius 3 is 2.52 bits per heavy atom. The van der Waals surface area contributed by atoms with Crippen LogP contribution in [0.4, 0.5) is 0 Å². The van der Waals surface area contributed by atoms with E-state index in [2.05, 4.69) is 28.6 Å². The molecule has 2 aromatic carbocycles. The van der Waals surface area contributed by atoms with Crippen molar-refractivity contribution in [2.24, 2.45) is 0 Å². The summed E-state index contributed by atoms with van der Waals surface area (Å²) in [6.07, 6.45) is 4.74. The van der Waals surface area contributed by atoms with E-state index >= 15 is 0 Å². The number of nitrogens with zero attached hydrogens (tertiary/aromatic N) is 4. The van der Waals surface area contributed by atoms with Crippen molar-refractivity contribution in [3.8, 4) is 17.1 Å². The summed E-state index contributed by atoms with van der Waals surface area (Å²) in [4.78, 5) is 2.22. The van der Waals surface area contributed by atoms with Crippen LogP contribution in [0.25, 0.3) is 11.4 Å². The predicted molar refractivity (Wildman–Crippen MR) is 128 cm³/mol. The van der Waals surface area contributed by atoms with Crippen LogP contribution in [-0.4, -0.2) is 32.9 Å². The monoisotopic (exact) mass is 456 g/mol. The first-order valence-electron chi connectivity index (χ1n) is 10.9. The predicted octanol–water partition coefficient (Wildman–Crippen LogP) is 6.34. The molecule has 1 heterocycles. The standard InChI is InChI=1S/C24H29ClN4OS/c1-3-30-20-14-12-18(13-15-20)16-27(2)17-28-24(31)29(19-8-4-5-9-19)23(26-28)21-10-6-7-11-22(21)25/h6-7,10-15,19H,3-5,8-9,16-17H2,1-2H3. The lowest BCUT2D eigenvalue weighted by molar-refractivity contribution is 0.243. The van der Waals surface area contributed by atoms with Gasteiger partial charge in [0.25, 0.3) is 0 Å². The Bertz CT molecular complexity index is 1070. The summed E-state index contributed by atoms with van der Waals surface area (Å²) in [5.41, 5.74) is 2.16. The molecule has 0 amide bonds. The first-order valence-corrected chi connectivity index (χ1v) is 11.7. The van der Waals surface area contributed by atoms with E-state index < -0.39 is 0 Å². The maximum absolute atomic E-state index is 6.53. The second kappa shape index (κ2) is 9.98. The highest BCUT2D eigenvalue weighted by Crippen LogP contribution is 2.35. The van der Waals surface area contributed by atoms with E-state index in [0.29, 0.717) is 24.3 Å². The second-order valence-corrected chi connectivity index (χ2v) is 8.90. The van der Waals surface area contributed by atoms with E-state index in [-0.39, 0.29) is 0 Å². The molecule has 4 rings (SSSR count). The largest absolute Gasteiger partial charge is 0.494 e. The average Bonchev–Trinajstić information content (AvgIpc) is 3.38. The Morgan fingerprint density at radius 1 is 1.13 bits per heavy atom. The molecule has 1 aliphatic carbocycles. The zero-order valence-electron chi connectivity index (χ0n) is 18.1. The van der Waals surface area contributed by atoms with Crippen LogP contribution in [-0.2, 0) is 13.2 Å². The number of hydrogen-bond donors (Lipinski definition) is 0. The van der Waals surface area contributed by atoms with E-state index in [9.17, 15) is 0 Å². The van der Waals surface area contributed by atoms with Crippen LogP contribution in [0.15, 0.2) is 48.5 Å². The number of rotatable bonds is 8. The average molecular weight is 457 g/mol. The van der Waals surface area contributed by atoms with E-state index in [1.807, 2.05) is 48.0 Å². The molecule has 0 aliphatic heterocycles. The van der Waals surface area contributed by atoms with Crippen LogP contribution in [0.5, 0.6) is 5.75 Å². The highest BCUT2D eigenvalue weighted by Gasteiger charge is 2.24. The van der Waals surface area contributed by atoms with Crippen LogP contribution in [0.2, 0.25) is 5.02 Å². The van der Waals surface area contributed by atoms with Crippen LogP contribution in [0.3, 0.4) is 0 Å². The van der Waals surface area contributed by atoms with Crippen LogP contribution < -0.4 is 4.74 Å². The van der Waals surface area contributed by atoms with Crippen molar-refractivity contribution < 1.29 is 4.74 Å². The molecular weight excluding hydrogens is 428 g/mol. The summed E-state index contributed by atoms with van der Waals surface area (Å²) in [6.45, 7) is 4.08. The van der Waals surface area contributed by atoms with Crippen LogP contribution in [0, 0.1) is 4.77 Å². The first-order chi connectivity index (χ1) is 15.1. The fourth-order valence-electron chi connectivity index (χ4n) is 4.28. The Labute approximate surface area is 194 Å². The minimum atomic E-state index is 0.393. The number of benzene rings is 2. The molecule has 1 fully saturated rings. The third kappa shape index (κ3) is 5.03. The molecule has 7 heteroatoms. The molecule has 0 spiro atoms. The Kier molecular flexibility index (Phi) is 7.10. The van der Waals surface area contributed by atoms with E-state index in [4.69, 9.17) is 33.7 Å². The maximum atomic E-state index is 6.53. The van der Waals surface area contributed by atoms with Crippen molar-refractivity contribution >= 4 is 23.8 Å². The maximum Gasteiger partial charge on any atom is 0.199 e. The van der Waals surface area contributed by atoms with Crippen LogP contribution in [0.1, 0.15) is 44.2 Å². The topological polar surface area (TPSA) is 35.2 Å². The molecule has 0 N–H and O–H groups in total. The molecule has 0 radical (unpaired) electrons. The minimum absolute atomic E-state index is 0.393. The Balaban J connectivity index is 1.59. The molecule has 31 heavy (non-hydrogen) atoms. The lowest BCUT2D eigenvalue weighted by Crippen LogP contribution is -2.22. The molecule has 0 unspecified atom stereocenters. The molecule has 0 atom stereocenters. The summed E-state index contributed by atoms with van der Waals surface area (Å²) < 4.78 is 10.5. The quantitative estimate of drug-likeness (QED) is 0.370. The zero-order valence-corrected chi connectivity index (χ0v) is 19.7. The van der Waals surface area contributed by atoms with Crippen molar-refractivity contribution in [2.45, 2.75) is 51.9 Å². The summed E-state index contributed by atoms with van der Waals surface area (Å²) in [6, 6.07) is 16.5. The van der Waals surface area contributed by atoms with E-state index in [0.717, 1.165) is 41.3 Å². The Morgan fingerprint density at radius 2 is 1.84 bits per heavy atom. The van der Waals surface area contributed by atoms with Gasteiger partial charge in [-0.3, -0.25) is 9.47 Å². The van der Waals surface area contributed by atoms with Gasteiger partial charge in [0.05, 0.1) is 18.3 Å². The number of ether oxygens (including phenoxy) is 1. The Hall–Kier alpha value is -2.15.